The Morgan fingerprint density at radius 2 is 1.75 bits per heavy atom. The van der Waals surface area contributed by atoms with Crippen molar-refractivity contribution >= 4 is 11.9 Å². The van der Waals surface area contributed by atoms with Crippen LogP contribution in [0.5, 0.6) is 0 Å². The first-order chi connectivity index (χ1) is 4.91. The molecule has 5 nitrogen and oxygen atoms in total. The maximum atomic E-state index is 9.59. The number of aliphatic carboxylic acids is 1. The molecule has 0 rings (SSSR count). The fraction of sp³-hybridized carbons (Fsp3) is 0.667. The van der Waals surface area contributed by atoms with Crippen LogP contribution < -0.4 is 40.4 Å². The summed E-state index contributed by atoms with van der Waals surface area (Å²) < 4.78 is 0. The molecule has 0 aromatic heterocycles. The SMILES string of the molecule is CC(O)C(=O)[O-].CCC(N)=O.[Na+]. The number of nitrogens with two attached hydrogens (primary N) is 1. The summed E-state index contributed by atoms with van der Waals surface area (Å²) >= 11 is 0. The van der Waals surface area contributed by atoms with E-state index in [1.165, 1.54) is 0 Å². The van der Waals surface area contributed by atoms with E-state index < -0.39 is 12.1 Å². The molecule has 1 unspecified atom stereocenters. The first-order valence-corrected chi connectivity index (χ1v) is 3.09. The quantitative estimate of drug-likeness (QED) is 0.420. The van der Waals surface area contributed by atoms with Crippen molar-refractivity contribution in [3.8, 4) is 0 Å². The number of primary amides is 1. The van der Waals surface area contributed by atoms with Crippen molar-refractivity contribution in [2.45, 2.75) is 26.4 Å². The van der Waals surface area contributed by atoms with Crippen LogP contribution in [0.15, 0.2) is 0 Å². The second-order valence-electron chi connectivity index (χ2n) is 1.81. The van der Waals surface area contributed by atoms with Gasteiger partial charge in [-0.15, -0.1) is 0 Å². The number of carbonyl (C=O) groups excluding carboxylic acids is 2. The Bertz CT molecular complexity index is 138. The van der Waals surface area contributed by atoms with Gasteiger partial charge in [0.05, 0.1) is 12.1 Å². The smallest absolute Gasteiger partial charge is 0.547 e. The second kappa shape index (κ2) is 10.9. The van der Waals surface area contributed by atoms with Crippen LogP contribution in [0.4, 0.5) is 0 Å². The Hall–Kier alpha value is -0.100. The Labute approximate surface area is 93.2 Å². The molecular weight excluding hydrogens is 173 g/mol. The summed E-state index contributed by atoms with van der Waals surface area (Å²) in [7, 11) is 0. The molecule has 0 aliphatic heterocycles. The van der Waals surface area contributed by atoms with Crippen molar-refractivity contribution in [1.29, 1.82) is 0 Å². The van der Waals surface area contributed by atoms with Crippen molar-refractivity contribution in [2.24, 2.45) is 5.73 Å². The number of amides is 1. The third kappa shape index (κ3) is 22.5. The Balaban J connectivity index is -0.000000126. The van der Waals surface area contributed by atoms with Crippen LogP contribution in [-0.4, -0.2) is 23.1 Å². The van der Waals surface area contributed by atoms with Gasteiger partial charge in [0.1, 0.15) is 0 Å². The summed E-state index contributed by atoms with van der Waals surface area (Å²) in [4.78, 5) is 18.9. The number of carboxylic acids is 1. The summed E-state index contributed by atoms with van der Waals surface area (Å²) in [5.41, 5.74) is 4.65. The molecule has 0 saturated heterocycles. The molecule has 0 spiro atoms. The largest absolute Gasteiger partial charge is 1.00 e. The average molecular weight is 185 g/mol. The Kier molecular flexibility index (Phi) is 16.2. The van der Waals surface area contributed by atoms with Crippen LogP contribution in [0.3, 0.4) is 0 Å². The number of hydrogen-bond donors (Lipinski definition) is 2. The molecule has 0 radical (unpaired) electrons. The van der Waals surface area contributed by atoms with Gasteiger partial charge in [-0.1, -0.05) is 6.92 Å². The van der Waals surface area contributed by atoms with E-state index in [1.807, 2.05) is 0 Å². The number of aliphatic hydroxyl groups is 1. The van der Waals surface area contributed by atoms with E-state index in [2.05, 4.69) is 5.73 Å². The van der Waals surface area contributed by atoms with Gasteiger partial charge < -0.3 is 20.7 Å². The van der Waals surface area contributed by atoms with Gasteiger partial charge in [-0.05, 0) is 6.92 Å². The minimum Gasteiger partial charge on any atom is -0.547 e. The molecule has 6 heteroatoms. The number of aliphatic hydroxyl groups excluding tert-OH is 1. The molecule has 0 aromatic carbocycles. The molecule has 1 atom stereocenters. The molecule has 0 aliphatic rings. The van der Waals surface area contributed by atoms with Gasteiger partial charge in [0.15, 0.2) is 0 Å². The van der Waals surface area contributed by atoms with Gasteiger partial charge in [0.25, 0.3) is 0 Å². The van der Waals surface area contributed by atoms with Crippen LogP contribution in [0.25, 0.3) is 0 Å². The van der Waals surface area contributed by atoms with E-state index in [4.69, 9.17) is 5.11 Å². The summed E-state index contributed by atoms with van der Waals surface area (Å²) in [5, 5.41) is 17.3. The van der Waals surface area contributed by atoms with Crippen LogP contribution in [0.1, 0.15) is 20.3 Å². The maximum Gasteiger partial charge on any atom is 1.00 e. The van der Waals surface area contributed by atoms with Gasteiger partial charge >= 0.3 is 29.6 Å². The van der Waals surface area contributed by atoms with E-state index in [1.54, 1.807) is 6.92 Å². The predicted molar refractivity (Wildman–Crippen MR) is 36.2 cm³/mol. The van der Waals surface area contributed by atoms with Crippen molar-refractivity contribution < 1.29 is 49.4 Å². The Morgan fingerprint density at radius 1 is 1.58 bits per heavy atom. The predicted octanol–water partition coefficient (Wildman–Crippen LogP) is -5.00. The fourth-order valence-corrected chi connectivity index (χ4v) is 0. The van der Waals surface area contributed by atoms with Gasteiger partial charge in [0, 0.05) is 6.42 Å². The minimum atomic E-state index is -1.44. The molecule has 1 amide bonds. The van der Waals surface area contributed by atoms with E-state index in [0.717, 1.165) is 6.92 Å². The molecule has 0 bridgehead atoms. The van der Waals surface area contributed by atoms with E-state index in [0.29, 0.717) is 6.42 Å². The third-order valence-electron chi connectivity index (χ3n) is 0.690. The Morgan fingerprint density at radius 3 is 1.75 bits per heavy atom. The normalized spacial score (nSPS) is 9.92. The molecule has 12 heavy (non-hydrogen) atoms. The zero-order valence-electron chi connectivity index (χ0n) is 7.53. The fourth-order valence-electron chi connectivity index (χ4n) is 0. The monoisotopic (exact) mass is 185 g/mol. The summed E-state index contributed by atoms with van der Waals surface area (Å²) in [6.07, 6.45) is -0.898. The van der Waals surface area contributed by atoms with Crippen molar-refractivity contribution in [3.63, 3.8) is 0 Å². The first-order valence-electron chi connectivity index (χ1n) is 3.09. The van der Waals surface area contributed by atoms with Crippen LogP contribution in [0, 0.1) is 0 Å². The molecule has 0 heterocycles. The van der Waals surface area contributed by atoms with Gasteiger partial charge in [0.2, 0.25) is 5.91 Å². The second-order valence-corrected chi connectivity index (χ2v) is 1.81. The van der Waals surface area contributed by atoms with Crippen molar-refractivity contribution in [3.05, 3.63) is 0 Å². The minimum absolute atomic E-state index is 0. The third-order valence-corrected chi connectivity index (χ3v) is 0.690. The molecule has 66 valence electrons. The molecule has 0 fully saturated rings. The molecular formula is C6H12NNaO4. The zero-order valence-corrected chi connectivity index (χ0v) is 9.53. The van der Waals surface area contributed by atoms with Crippen molar-refractivity contribution in [1.82, 2.24) is 0 Å². The first kappa shape index (κ1) is 17.8. The summed E-state index contributed by atoms with van der Waals surface area (Å²) in [6.45, 7) is 2.86. The van der Waals surface area contributed by atoms with E-state index in [9.17, 15) is 14.7 Å². The molecule has 3 N–H and O–H groups in total. The van der Waals surface area contributed by atoms with Crippen LogP contribution >= 0.6 is 0 Å². The molecule has 0 saturated carbocycles. The van der Waals surface area contributed by atoms with Gasteiger partial charge in [-0.2, -0.15) is 0 Å². The van der Waals surface area contributed by atoms with E-state index in [-0.39, 0.29) is 35.5 Å². The number of carboxylic acid groups (broad SMARTS) is 1. The maximum absolute atomic E-state index is 9.59. The topological polar surface area (TPSA) is 103 Å². The average Bonchev–Trinajstić information content (AvgIpc) is 1.89. The number of rotatable bonds is 2. The van der Waals surface area contributed by atoms with Crippen LogP contribution in [0.2, 0.25) is 0 Å². The molecule has 0 aliphatic carbocycles. The zero-order chi connectivity index (χ0) is 9.44. The van der Waals surface area contributed by atoms with Crippen LogP contribution in [-0.2, 0) is 9.59 Å². The van der Waals surface area contributed by atoms with E-state index >= 15 is 0 Å². The number of hydrogen-bond acceptors (Lipinski definition) is 4. The summed E-state index contributed by atoms with van der Waals surface area (Å²) in [6, 6.07) is 0. The molecule has 0 aromatic rings. The number of carbonyl (C=O) groups is 2. The standard InChI is InChI=1S/C3H7NO.C3H6O3.Na/c1-2-3(4)5;1-2(4)3(5)6;/h2H2,1H3,(H2,4,5);2,4H,1H3,(H,5,6);/q;;+1/p-1. The summed E-state index contributed by atoms with van der Waals surface area (Å²) in [5.74, 6) is -1.68. The van der Waals surface area contributed by atoms with Gasteiger partial charge in [-0.25, -0.2) is 0 Å². The van der Waals surface area contributed by atoms with Crippen molar-refractivity contribution in [2.75, 3.05) is 0 Å². The van der Waals surface area contributed by atoms with Gasteiger partial charge in [-0.3, -0.25) is 4.79 Å².